The van der Waals surface area contributed by atoms with Crippen molar-refractivity contribution >= 4 is 44.2 Å². The Morgan fingerprint density at radius 1 is 1.19 bits per heavy atom. The van der Waals surface area contributed by atoms with Gasteiger partial charge in [0, 0.05) is 0 Å². The molecule has 27 heavy (non-hydrogen) atoms. The fourth-order valence-electron chi connectivity index (χ4n) is 3.04. The van der Waals surface area contributed by atoms with Gasteiger partial charge < -0.3 is 4.42 Å². The number of fused-ring (bicyclic) bond motifs is 1. The number of aryl methyl sites for hydroxylation is 2. The molecule has 0 aliphatic rings. The maximum atomic E-state index is 13.3. The van der Waals surface area contributed by atoms with Gasteiger partial charge in [0.1, 0.15) is 5.76 Å². The van der Waals surface area contributed by atoms with Crippen molar-refractivity contribution in [3.05, 3.63) is 82.3 Å². The lowest BCUT2D eigenvalue weighted by Gasteiger charge is -2.19. The molecule has 0 atom stereocenters. The number of halogens is 1. The number of carbonyl (C=O) groups excluding carboxylic acids is 1. The summed E-state index contributed by atoms with van der Waals surface area (Å²) in [4.78, 5) is 19.7. The number of nitrogens with zero attached hydrogens (tertiary/aromatic N) is 2. The van der Waals surface area contributed by atoms with Crippen molar-refractivity contribution in [2.45, 2.75) is 20.4 Å². The molecule has 4 rings (SSSR count). The van der Waals surface area contributed by atoms with Gasteiger partial charge in [-0.3, -0.25) is 9.69 Å². The van der Waals surface area contributed by atoms with Gasteiger partial charge in [-0.25, -0.2) is 4.98 Å². The summed E-state index contributed by atoms with van der Waals surface area (Å²) in [6.07, 6.45) is 1.60. The molecule has 0 unspecified atom stereocenters. The van der Waals surface area contributed by atoms with E-state index in [2.05, 4.69) is 19.1 Å². The number of aromatic nitrogens is 1. The third-order valence-corrected chi connectivity index (χ3v) is 5.65. The molecule has 0 aliphatic carbocycles. The number of furan rings is 1. The smallest absolute Gasteiger partial charge is 0.262 e. The molecular weight excluding hydrogens is 380 g/mol. The second-order valence-electron chi connectivity index (χ2n) is 6.38. The lowest BCUT2D eigenvalue weighted by molar-refractivity contribution is 0.0983. The molecule has 2 heterocycles. The molecule has 2 aromatic heterocycles. The molecular formula is C21H17ClN2O2S. The molecule has 0 saturated heterocycles. The average molecular weight is 397 g/mol. The van der Waals surface area contributed by atoms with E-state index in [0.717, 1.165) is 15.8 Å². The molecule has 0 saturated carbocycles. The SMILES string of the molecule is Cc1cc(C)c2nc(N(Cc3ccco3)C(=O)c3ccccc3Cl)sc2c1. The van der Waals surface area contributed by atoms with Crippen molar-refractivity contribution in [3.63, 3.8) is 0 Å². The number of thiazole rings is 1. The summed E-state index contributed by atoms with van der Waals surface area (Å²) in [5, 5.41) is 1.04. The molecule has 4 nitrogen and oxygen atoms in total. The van der Waals surface area contributed by atoms with Crippen molar-refractivity contribution in [2.24, 2.45) is 0 Å². The lowest BCUT2D eigenvalue weighted by Crippen LogP contribution is -2.30. The zero-order valence-corrected chi connectivity index (χ0v) is 16.5. The van der Waals surface area contributed by atoms with Gasteiger partial charge in [-0.05, 0) is 55.3 Å². The van der Waals surface area contributed by atoms with E-state index in [9.17, 15) is 4.79 Å². The summed E-state index contributed by atoms with van der Waals surface area (Å²) in [6.45, 7) is 4.38. The minimum atomic E-state index is -0.203. The number of carbonyl (C=O) groups is 1. The van der Waals surface area contributed by atoms with Gasteiger partial charge >= 0.3 is 0 Å². The lowest BCUT2D eigenvalue weighted by atomic mass is 10.1. The Hall–Kier alpha value is -2.63. The summed E-state index contributed by atoms with van der Waals surface area (Å²) >= 11 is 7.76. The van der Waals surface area contributed by atoms with Gasteiger partial charge in [0.15, 0.2) is 5.13 Å². The second kappa shape index (κ2) is 7.18. The maximum absolute atomic E-state index is 13.3. The molecule has 4 aromatic rings. The minimum Gasteiger partial charge on any atom is -0.467 e. The van der Waals surface area contributed by atoms with Crippen molar-refractivity contribution in [3.8, 4) is 0 Å². The van der Waals surface area contributed by atoms with Crippen molar-refractivity contribution in [1.82, 2.24) is 4.98 Å². The van der Waals surface area contributed by atoms with E-state index in [1.165, 1.54) is 16.9 Å². The Morgan fingerprint density at radius 3 is 2.74 bits per heavy atom. The highest BCUT2D eigenvalue weighted by molar-refractivity contribution is 7.22. The summed E-state index contributed by atoms with van der Waals surface area (Å²) in [6, 6.07) is 14.9. The minimum absolute atomic E-state index is 0.203. The molecule has 136 valence electrons. The molecule has 1 amide bonds. The Balaban J connectivity index is 1.82. The first-order valence-electron chi connectivity index (χ1n) is 8.49. The number of hydrogen-bond donors (Lipinski definition) is 0. The van der Waals surface area contributed by atoms with Crippen LogP contribution in [0.1, 0.15) is 27.2 Å². The van der Waals surface area contributed by atoms with E-state index in [1.807, 2.05) is 13.0 Å². The molecule has 0 bridgehead atoms. The third kappa shape index (κ3) is 3.48. The average Bonchev–Trinajstić information content (AvgIpc) is 3.29. The maximum Gasteiger partial charge on any atom is 0.262 e. The Labute approximate surface area is 166 Å². The van der Waals surface area contributed by atoms with E-state index >= 15 is 0 Å². The normalized spacial score (nSPS) is 11.1. The van der Waals surface area contributed by atoms with Crippen LogP contribution in [0.4, 0.5) is 5.13 Å². The van der Waals surface area contributed by atoms with E-state index in [0.29, 0.717) is 21.5 Å². The van der Waals surface area contributed by atoms with Gasteiger partial charge in [-0.2, -0.15) is 0 Å². The summed E-state index contributed by atoms with van der Waals surface area (Å²) in [5.41, 5.74) is 3.62. The van der Waals surface area contributed by atoms with Crippen LogP contribution in [0.3, 0.4) is 0 Å². The molecule has 0 radical (unpaired) electrons. The standard InChI is InChI=1S/C21H17ClN2O2S/c1-13-10-14(2)19-18(11-13)27-21(23-19)24(12-15-6-5-9-26-15)20(25)16-7-3-4-8-17(16)22/h3-11H,12H2,1-2H3. The van der Waals surface area contributed by atoms with Crippen molar-refractivity contribution in [1.29, 1.82) is 0 Å². The van der Waals surface area contributed by atoms with E-state index < -0.39 is 0 Å². The first kappa shape index (κ1) is 17.8. The molecule has 0 fully saturated rings. The van der Waals surface area contributed by atoms with Crippen LogP contribution in [0.5, 0.6) is 0 Å². The van der Waals surface area contributed by atoms with Crippen LogP contribution in [0, 0.1) is 13.8 Å². The third-order valence-electron chi connectivity index (χ3n) is 4.29. The number of anilines is 1. The quantitative estimate of drug-likeness (QED) is 0.424. The van der Waals surface area contributed by atoms with E-state index in [1.54, 1.807) is 41.5 Å². The van der Waals surface area contributed by atoms with Crippen LogP contribution in [0.25, 0.3) is 10.2 Å². The molecule has 0 N–H and O–H groups in total. The zero-order chi connectivity index (χ0) is 19.0. The molecule has 6 heteroatoms. The fraction of sp³-hybridized carbons (Fsp3) is 0.143. The Bertz CT molecular complexity index is 1120. The predicted molar refractivity (Wildman–Crippen MR) is 110 cm³/mol. The van der Waals surface area contributed by atoms with Gasteiger partial charge in [-0.1, -0.05) is 41.1 Å². The predicted octanol–water partition coefficient (Wildman–Crippen LogP) is 6.01. The summed E-state index contributed by atoms with van der Waals surface area (Å²) < 4.78 is 6.52. The topological polar surface area (TPSA) is 46.3 Å². The van der Waals surface area contributed by atoms with E-state index in [4.69, 9.17) is 21.0 Å². The van der Waals surface area contributed by atoms with Crippen molar-refractivity contribution in [2.75, 3.05) is 4.90 Å². The molecule has 2 aromatic carbocycles. The first-order chi connectivity index (χ1) is 13.0. The van der Waals surface area contributed by atoms with Gasteiger partial charge in [0.25, 0.3) is 5.91 Å². The fourth-order valence-corrected chi connectivity index (χ4v) is 4.40. The van der Waals surface area contributed by atoms with Gasteiger partial charge in [0.2, 0.25) is 0 Å². The van der Waals surface area contributed by atoms with Crippen LogP contribution < -0.4 is 4.90 Å². The number of benzene rings is 2. The highest BCUT2D eigenvalue weighted by Crippen LogP contribution is 2.34. The van der Waals surface area contributed by atoms with Gasteiger partial charge in [-0.15, -0.1) is 0 Å². The highest BCUT2D eigenvalue weighted by Gasteiger charge is 2.24. The Morgan fingerprint density at radius 2 is 2.00 bits per heavy atom. The first-order valence-corrected chi connectivity index (χ1v) is 9.69. The summed E-state index contributed by atoms with van der Waals surface area (Å²) in [7, 11) is 0. The van der Waals surface area contributed by atoms with Crippen LogP contribution in [-0.4, -0.2) is 10.9 Å². The van der Waals surface area contributed by atoms with Crippen LogP contribution in [0.2, 0.25) is 5.02 Å². The van der Waals surface area contributed by atoms with E-state index in [-0.39, 0.29) is 12.5 Å². The number of amides is 1. The Kier molecular flexibility index (Phi) is 4.72. The highest BCUT2D eigenvalue weighted by atomic mass is 35.5. The van der Waals surface area contributed by atoms with Gasteiger partial charge in [0.05, 0.1) is 33.6 Å². The zero-order valence-electron chi connectivity index (χ0n) is 14.9. The number of rotatable bonds is 4. The monoisotopic (exact) mass is 396 g/mol. The van der Waals surface area contributed by atoms with Crippen LogP contribution in [0.15, 0.2) is 59.2 Å². The van der Waals surface area contributed by atoms with Crippen molar-refractivity contribution < 1.29 is 9.21 Å². The van der Waals surface area contributed by atoms with Crippen LogP contribution >= 0.6 is 22.9 Å². The number of hydrogen-bond acceptors (Lipinski definition) is 4. The molecule has 0 aliphatic heterocycles. The molecule has 0 spiro atoms. The second-order valence-corrected chi connectivity index (χ2v) is 7.79. The summed E-state index contributed by atoms with van der Waals surface area (Å²) in [5.74, 6) is 0.480. The largest absolute Gasteiger partial charge is 0.467 e. The van der Waals surface area contributed by atoms with Crippen LogP contribution in [-0.2, 0) is 6.54 Å².